The maximum atomic E-state index is 11.5. The van der Waals surface area contributed by atoms with Gasteiger partial charge in [0, 0.05) is 31.4 Å². The van der Waals surface area contributed by atoms with E-state index < -0.39 is 0 Å². The molecule has 1 aliphatic heterocycles. The fourth-order valence-electron chi connectivity index (χ4n) is 2.18. The van der Waals surface area contributed by atoms with Crippen LogP contribution in [0.4, 0.5) is 5.82 Å². The Labute approximate surface area is 113 Å². The Bertz CT molecular complexity index is 449. The standard InChI is InChI=1S/C13H21N5O/c1-3-14-11-7-10(2)16-12(17-11)8-18-6-4-5-15-13(19)9-18/h7H,3-6,8-9H2,1-2H3,(H,15,19)(H,14,16,17). The number of amides is 1. The minimum Gasteiger partial charge on any atom is -0.370 e. The summed E-state index contributed by atoms with van der Waals surface area (Å²) in [6.07, 6.45) is 0.970. The molecule has 1 aromatic rings. The molecular weight excluding hydrogens is 242 g/mol. The van der Waals surface area contributed by atoms with Crippen LogP contribution in [-0.2, 0) is 11.3 Å². The lowest BCUT2D eigenvalue weighted by Gasteiger charge is -2.18. The van der Waals surface area contributed by atoms with Gasteiger partial charge in [-0.1, -0.05) is 0 Å². The normalized spacial score (nSPS) is 16.8. The molecule has 0 saturated carbocycles. The third kappa shape index (κ3) is 4.17. The number of aryl methyl sites for hydroxylation is 1. The first-order valence-electron chi connectivity index (χ1n) is 6.75. The van der Waals surface area contributed by atoms with Crippen LogP contribution in [0.2, 0.25) is 0 Å². The fourth-order valence-corrected chi connectivity index (χ4v) is 2.18. The van der Waals surface area contributed by atoms with Crippen molar-refractivity contribution in [3.8, 4) is 0 Å². The van der Waals surface area contributed by atoms with E-state index in [0.29, 0.717) is 13.1 Å². The van der Waals surface area contributed by atoms with E-state index in [1.54, 1.807) is 0 Å². The largest absolute Gasteiger partial charge is 0.370 e. The van der Waals surface area contributed by atoms with E-state index in [-0.39, 0.29) is 5.91 Å². The molecule has 1 aliphatic rings. The predicted molar refractivity (Wildman–Crippen MR) is 73.8 cm³/mol. The molecule has 0 aromatic carbocycles. The molecular formula is C13H21N5O. The molecule has 6 nitrogen and oxygen atoms in total. The van der Waals surface area contributed by atoms with Gasteiger partial charge in [-0.2, -0.15) is 0 Å². The average molecular weight is 263 g/mol. The van der Waals surface area contributed by atoms with Crippen LogP contribution >= 0.6 is 0 Å². The molecule has 0 atom stereocenters. The number of anilines is 1. The first-order valence-corrected chi connectivity index (χ1v) is 6.75. The van der Waals surface area contributed by atoms with Crippen molar-refractivity contribution in [3.05, 3.63) is 17.6 Å². The molecule has 0 unspecified atom stereocenters. The number of hydrogen-bond acceptors (Lipinski definition) is 5. The van der Waals surface area contributed by atoms with E-state index in [2.05, 4.69) is 25.5 Å². The second-order valence-electron chi connectivity index (χ2n) is 4.76. The molecule has 1 fully saturated rings. The third-order valence-electron chi connectivity index (χ3n) is 2.96. The number of nitrogens with zero attached hydrogens (tertiary/aromatic N) is 3. The van der Waals surface area contributed by atoms with Crippen LogP contribution in [0.15, 0.2) is 6.07 Å². The highest BCUT2D eigenvalue weighted by atomic mass is 16.2. The zero-order valence-electron chi connectivity index (χ0n) is 11.6. The van der Waals surface area contributed by atoms with Gasteiger partial charge in [0.25, 0.3) is 0 Å². The summed E-state index contributed by atoms with van der Waals surface area (Å²) >= 11 is 0. The van der Waals surface area contributed by atoms with E-state index in [1.165, 1.54) is 0 Å². The minimum absolute atomic E-state index is 0.0806. The van der Waals surface area contributed by atoms with Crippen molar-refractivity contribution in [2.45, 2.75) is 26.8 Å². The zero-order chi connectivity index (χ0) is 13.7. The molecule has 104 valence electrons. The molecule has 2 rings (SSSR count). The fraction of sp³-hybridized carbons (Fsp3) is 0.615. The first-order chi connectivity index (χ1) is 9.17. The highest BCUT2D eigenvalue weighted by Crippen LogP contribution is 2.09. The Balaban J connectivity index is 2.06. The Morgan fingerprint density at radius 3 is 3.11 bits per heavy atom. The molecule has 0 aliphatic carbocycles. The van der Waals surface area contributed by atoms with Gasteiger partial charge in [0.1, 0.15) is 11.6 Å². The summed E-state index contributed by atoms with van der Waals surface area (Å²) in [6.45, 7) is 7.53. The quantitative estimate of drug-likeness (QED) is 0.829. The lowest BCUT2D eigenvalue weighted by molar-refractivity contribution is -0.121. The van der Waals surface area contributed by atoms with Crippen molar-refractivity contribution < 1.29 is 4.79 Å². The minimum atomic E-state index is 0.0806. The van der Waals surface area contributed by atoms with Gasteiger partial charge in [-0.25, -0.2) is 9.97 Å². The van der Waals surface area contributed by atoms with Crippen LogP contribution in [0.25, 0.3) is 0 Å². The predicted octanol–water partition coefficient (Wildman–Crippen LogP) is 0.539. The molecule has 6 heteroatoms. The van der Waals surface area contributed by atoms with Crippen LogP contribution in [0.3, 0.4) is 0 Å². The Kier molecular flexibility index (Phi) is 4.68. The SMILES string of the molecule is CCNc1cc(C)nc(CN2CCCNC(=O)C2)n1. The molecule has 0 radical (unpaired) electrons. The van der Waals surface area contributed by atoms with Crippen molar-refractivity contribution >= 4 is 11.7 Å². The monoisotopic (exact) mass is 263 g/mol. The van der Waals surface area contributed by atoms with Gasteiger partial charge in [-0.05, 0) is 20.3 Å². The summed E-state index contributed by atoms with van der Waals surface area (Å²) in [5.41, 5.74) is 0.945. The van der Waals surface area contributed by atoms with E-state index in [4.69, 9.17) is 0 Å². The van der Waals surface area contributed by atoms with E-state index in [9.17, 15) is 4.79 Å². The average Bonchev–Trinajstić information content (AvgIpc) is 2.53. The summed E-state index contributed by atoms with van der Waals surface area (Å²) < 4.78 is 0. The van der Waals surface area contributed by atoms with E-state index in [0.717, 1.165) is 43.4 Å². The zero-order valence-corrected chi connectivity index (χ0v) is 11.6. The van der Waals surface area contributed by atoms with Crippen LogP contribution < -0.4 is 10.6 Å². The molecule has 2 heterocycles. The van der Waals surface area contributed by atoms with Gasteiger partial charge in [-0.15, -0.1) is 0 Å². The van der Waals surface area contributed by atoms with Crippen molar-refractivity contribution in [1.29, 1.82) is 0 Å². The van der Waals surface area contributed by atoms with Gasteiger partial charge in [0.05, 0.1) is 13.1 Å². The Morgan fingerprint density at radius 1 is 1.47 bits per heavy atom. The third-order valence-corrected chi connectivity index (χ3v) is 2.96. The molecule has 0 bridgehead atoms. The number of carbonyl (C=O) groups is 1. The summed E-state index contributed by atoms with van der Waals surface area (Å²) in [7, 11) is 0. The molecule has 0 spiro atoms. The number of rotatable bonds is 4. The van der Waals surface area contributed by atoms with Gasteiger partial charge in [0.15, 0.2) is 0 Å². The maximum absolute atomic E-state index is 11.5. The maximum Gasteiger partial charge on any atom is 0.234 e. The summed E-state index contributed by atoms with van der Waals surface area (Å²) in [5.74, 6) is 1.70. The van der Waals surface area contributed by atoms with Crippen LogP contribution in [0, 0.1) is 6.92 Å². The molecule has 1 aromatic heterocycles. The van der Waals surface area contributed by atoms with Crippen molar-refractivity contribution in [2.75, 3.05) is 31.5 Å². The second kappa shape index (κ2) is 6.47. The first kappa shape index (κ1) is 13.7. The molecule has 1 saturated heterocycles. The highest BCUT2D eigenvalue weighted by Gasteiger charge is 2.16. The van der Waals surface area contributed by atoms with Crippen LogP contribution in [-0.4, -0.2) is 47.0 Å². The summed E-state index contributed by atoms with van der Waals surface area (Å²) in [6, 6.07) is 1.93. The number of aromatic nitrogens is 2. The van der Waals surface area contributed by atoms with Gasteiger partial charge >= 0.3 is 0 Å². The number of hydrogen-bond donors (Lipinski definition) is 2. The second-order valence-corrected chi connectivity index (χ2v) is 4.76. The Morgan fingerprint density at radius 2 is 2.32 bits per heavy atom. The van der Waals surface area contributed by atoms with E-state index in [1.807, 2.05) is 19.9 Å². The van der Waals surface area contributed by atoms with Crippen LogP contribution in [0.1, 0.15) is 24.9 Å². The Hall–Kier alpha value is -1.69. The smallest absolute Gasteiger partial charge is 0.234 e. The van der Waals surface area contributed by atoms with Gasteiger partial charge in [0.2, 0.25) is 5.91 Å². The summed E-state index contributed by atoms with van der Waals surface area (Å²) in [5, 5.41) is 6.07. The number of carbonyl (C=O) groups excluding carboxylic acids is 1. The lowest BCUT2D eigenvalue weighted by Crippen LogP contribution is -2.33. The van der Waals surface area contributed by atoms with Crippen molar-refractivity contribution in [1.82, 2.24) is 20.2 Å². The van der Waals surface area contributed by atoms with Crippen molar-refractivity contribution in [2.24, 2.45) is 0 Å². The van der Waals surface area contributed by atoms with E-state index >= 15 is 0 Å². The molecule has 19 heavy (non-hydrogen) atoms. The number of nitrogens with one attached hydrogen (secondary N) is 2. The molecule has 2 N–H and O–H groups in total. The topological polar surface area (TPSA) is 70.2 Å². The van der Waals surface area contributed by atoms with Gasteiger partial charge < -0.3 is 10.6 Å². The highest BCUT2D eigenvalue weighted by molar-refractivity contribution is 5.78. The summed E-state index contributed by atoms with van der Waals surface area (Å²) in [4.78, 5) is 22.5. The lowest BCUT2D eigenvalue weighted by atomic mass is 10.3. The van der Waals surface area contributed by atoms with Crippen LogP contribution in [0.5, 0.6) is 0 Å². The van der Waals surface area contributed by atoms with Crippen molar-refractivity contribution in [3.63, 3.8) is 0 Å². The van der Waals surface area contributed by atoms with Gasteiger partial charge in [-0.3, -0.25) is 9.69 Å². The molecule has 1 amide bonds.